The maximum absolute atomic E-state index is 13.0. The van der Waals surface area contributed by atoms with Crippen molar-refractivity contribution in [1.82, 2.24) is 19.8 Å². The van der Waals surface area contributed by atoms with Gasteiger partial charge in [0.1, 0.15) is 4.83 Å². The van der Waals surface area contributed by atoms with Gasteiger partial charge in [0.15, 0.2) is 0 Å². The van der Waals surface area contributed by atoms with Crippen molar-refractivity contribution in [3.05, 3.63) is 63.0 Å². The lowest BCUT2D eigenvalue weighted by Crippen LogP contribution is -2.35. The van der Waals surface area contributed by atoms with Gasteiger partial charge in [0.25, 0.3) is 5.56 Å². The number of rotatable bonds is 7. The fourth-order valence-corrected chi connectivity index (χ4v) is 5.35. The predicted molar refractivity (Wildman–Crippen MR) is 121 cm³/mol. The van der Waals surface area contributed by atoms with E-state index in [0.717, 1.165) is 35.0 Å². The topological polar surface area (TPSA) is 67.2 Å². The van der Waals surface area contributed by atoms with Crippen molar-refractivity contribution in [2.45, 2.75) is 44.7 Å². The van der Waals surface area contributed by atoms with E-state index in [1.807, 2.05) is 32.3 Å². The molecule has 0 aliphatic heterocycles. The van der Waals surface area contributed by atoms with Gasteiger partial charge in [0.2, 0.25) is 5.91 Å². The van der Waals surface area contributed by atoms with Gasteiger partial charge in [0.05, 0.1) is 17.8 Å². The molecule has 0 fully saturated rings. The lowest BCUT2D eigenvalue weighted by Gasteiger charge is -2.25. The van der Waals surface area contributed by atoms with Crippen LogP contribution < -0.4 is 10.9 Å². The van der Waals surface area contributed by atoms with Crippen LogP contribution in [0.3, 0.4) is 0 Å². The predicted octanol–water partition coefficient (Wildman–Crippen LogP) is 3.15. The highest BCUT2D eigenvalue weighted by atomic mass is 32.1. The number of aryl methyl sites for hydroxylation is 3. The Morgan fingerprint density at radius 3 is 2.77 bits per heavy atom. The first kappa shape index (κ1) is 20.8. The molecule has 158 valence electrons. The molecular weight excluding hydrogens is 396 g/mol. The minimum atomic E-state index is -0.0582. The first-order valence-electron chi connectivity index (χ1n) is 10.5. The number of thiophene rings is 1. The van der Waals surface area contributed by atoms with Gasteiger partial charge in [-0.25, -0.2) is 4.98 Å². The fourth-order valence-electron chi connectivity index (χ4n) is 4.14. The molecule has 7 heteroatoms. The van der Waals surface area contributed by atoms with Gasteiger partial charge in [0, 0.05) is 24.4 Å². The molecule has 1 aromatic carbocycles. The second kappa shape index (κ2) is 9.10. The molecule has 1 atom stereocenters. The molecule has 30 heavy (non-hydrogen) atoms. The van der Waals surface area contributed by atoms with Gasteiger partial charge in [-0.3, -0.25) is 14.2 Å². The number of hydrogen-bond acceptors (Lipinski definition) is 5. The summed E-state index contributed by atoms with van der Waals surface area (Å²) in [5, 5.41) is 3.79. The van der Waals surface area contributed by atoms with E-state index in [-0.39, 0.29) is 23.9 Å². The van der Waals surface area contributed by atoms with Crippen molar-refractivity contribution in [3.63, 3.8) is 0 Å². The molecule has 1 aliphatic rings. The van der Waals surface area contributed by atoms with Gasteiger partial charge >= 0.3 is 0 Å². The minimum Gasteiger partial charge on any atom is -0.354 e. The summed E-state index contributed by atoms with van der Waals surface area (Å²) in [5.41, 5.74) is 2.34. The van der Waals surface area contributed by atoms with Gasteiger partial charge in [-0.15, -0.1) is 11.3 Å². The number of fused-ring (bicyclic) bond motifs is 3. The number of hydrogen-bond donors (Lipinski definition) is 1. The Balaban J connectivity index is 1.41. The van der Waals surface area contributed by atoms with Gasteiger partial charge in [-0.2, -0.15) is 0 Å². The number of benzene rings is 1. The highest BCUT2D eigenvalue weighted by molar-refractivity contribution is 7.18. The highest BCUT2D eigenvalue weighted by Gasteiger charge is 2.20. The van der Waals surface area contributed by atoms with E-state index in [0.29, 0.717) is 13.1 Å². The maximum atomic E-state index is 13.0. The first-order chi connectivity index (χ1) is 14.5. The Kier molecular flexibility index (Phi) is 6.29. The zero-order valence-corrected chi connectivity index (χ0v) is 18.4. The molecule has 1 N–H and O–H groups in total. The third-order valence-corrected chi connectivity index (χ3v) is 7.02. The molecule has 4 rings (SSSR count). The average Bonchev–Trinajstić information content (AvgIpc) is 3.13. The van der Waals surface area contributed by atoms with Crippen molar-refractivity contribution < 1.29 is 4.79 Å². The fraction of sp³-hybridized carbons (Fsp3) is 0.435. The summed E-state index contributed by atoms with van der Waals surface area (Å²) in [6, 6.07) is 10.2. The Morgan fingerprint density at radius 2 is 2.00 bits per heavy atom. The van der Waals surface area contributed by atoms with Crippen LogP contribution in [0, 0.1) is 0 Å². The third-order valence-electron chi connectivity index (χ3n) is 5.82. The first-order valence-corrected chi connectivity index (χ1v) is 11.3. The zero-order chi connectivity index (χ0) is 21.1. The normalized spacial score (nSPS) is 14.6. The molecule has 1 unspecified atom stereocenters. The van der Waals surface area contributed by atoms with E-state index in [1.54, 1.807) is 22.2 Å². The quantitative estimate of drug-likeness (QED) is 0.633. The molecule has 2 aromatic heterocycles. The van der Waals surface area contributed by atoms with Crippen molar-refractivity contribution in [1.29, 1.82) is 0 Å². The highest BCUT2D eigenvalue weighted by Crippen LogP contribution is 2.33. The number of carbonyl (C=O) groups excluding carboxylic acids is 1. The number of amides is 1. The monoisotopic (exact) mass is 424 g/mol. The van der Waals surface area contributed by atoms with Crippen molar-refractivity contribution in [3.8, 4) is 0 Å². The molecule has 0 radical (unpaired) electrons. The Hall–Kier alpha value is -2.51. The van der Waals surface area contributed by atoms with Crippen LogP contribution in [-0.2, 0) is 24.2 Å². The molecule has 2 heterocycles. The van der Waals surface area contributed by atoms with Gasteiger partial charge < -0.3 is 10.2 Å². The van der Waals surface area contributed by atoms with Crippen LogP contribution in [0.5, 0.6) is 0 Å². The van der Waals surface area contributed by atoms with Crippen LogP contribution in [0.1, 0.15) is 41.3 Å². The molecule has 3 aromatic rings. The molecule has 1 amide bonds. The van der Waals surface area contributed by atoms with E-state index in [1.165, 1.54) is 16.9 Å². The van der Waals surface area contributed by atoms with Crippen molar-refractivity contribution >= 4 is 27.5 Å². The standard InChI is InChI=1S/C23H28N4O2S/c1-26(2)18(16-8-4-3-5-9-16)14-24-20(28)12-13-27-15-25-22-21(23(27)29)17-10-6-7-11-19(17)30-22/h3-5,8-9,15,18H,6-7,10-14H2,1-2H3,(H,24,28). The van der Waals surface area contributed by atoms with Crippen LogP contribution in [0.25, 0.3) is 10.2 Å². The van der Waals surface area contributed by atoms with Crippen molar-refractivity contribution in [2.24, 2.45) is 0 Å². The summed E-state index contributed by atoms with van der Waals surface area (Å²) in [5.74, 6) is -0.0582. The van der Waals surface area contributed by atoms with Crippen LogP contribution >= 0.6 is 11.3 Å². The summed E-state index contributed by atoms with van der Waals surface area (Å²) in [6.07, 6.45) is 6.17. The third kappa shape index (κ3) is 4.32. The Morgan fingerprint density at radius 1 is 1.23 bits per heavy atom. The van der Waals surface area contributed by atoms with E-state index in [4.69, 9.17) is 0 Å². The summed E-state index contributed by atoms with van der Waals surface area (Å²) in [4.78, 5) is 34.2. The Bertz CT molecular complexity index is 1090. The smallest absolute Gasteiger partial charge is 0.262 e. The molecule has 6 nitrogen and oxygen atoms in total. The molecular formula is C23H28N4O2S. The molecule has 0 saturated heterocycles. The van der Waals surface area contributed by atoms with E-state index >= 15 is 0 Å². The van der Waals surface area contributed by atoms with Crippen LogP contribution in [0.2, 0.25) is 0 Å². The second-order valence-electron chi connectivity index (χ2n) is 8.08. The number of aromatic nitrogens is 2. The SMILES string of the molecule is CN(C)C(CNC(=O)CCn1cnc2sc3c(c2c1=O)CCCC3)c1ccccc1. The summed E-state index contributed by atoms with van der Waals surface area (Å²) in [6.45, 7) is 0.871. The zero-order valence-electron chi connectivity index (χ0n) is 17.6. The van der Waals surface area contributed by atoms with Gasteiger partial charge in [-0.1, -0.05) is 30.3 Å². The number of likely N-dealkylation sites (N-methyl/N-ethyl adjacent to an activating group) is 1. The second-order valence-corrected chi connectivity index (χ2v) is 9.16. The molecule has 0 spiro atoms. The number of nitrogens with zero attached hydrogens (tertiary/aromatic N) is 3. The maximum Gasteiger partial charge on any atom is 0.262 e. The lowest BCUT2D eigenvalue weighted by molar-refractivity contribution is -0.121. The summed E-state index contributed by atoms with van der Waals surface area (Å²) >= 11 is 1.65. The van der Waals surface area contributed by atoms with Crippen LogP contribution in [0.15, 0.2) is 41.5 Å². The lowest BCUT2D eigenvalue weighted by atomic mass is 9.97. The molecule has 1 aliphatic carbocycles. The molecule has 0 saturated carbocycles. The Labute approximate surface area is 180 Å². The summed E-state index contributed by atoms with van der Waals surface area (Å²) in [7, 11) is 4.01. The number of carbonyl (C=O) groups is 1. The van der Waals surface area contributed by atoms with E-state index < -0.39 is 0 Å². The molecule has 0 bridgehead atoms. The van der Waals surface area contributed by atoms with Crippen LogP contribution in [0.4, 0.5) is 0 Å². The van der Waals surface area contributed by atoms with E-state index in [9.17, 15) is 9.59 Å². The van der Waals surface area contributed by atoms with E-state index in [2.05, 4.69) is 27.3 Å². The average molecular weight is 425 g/mol. The van der Waals surface area contributed by atoms with Crippen molar-refractivity contribution in [2.75, 3.05) is 20.6 Å². The van der Waals surface area contributed by atoms with Crippen LogP contribution in [-0.4, -0.2) is 41.0 Å². The van der Waals surface area contributed by atoms with Gasteiger partial charge in [-0.05, 0) is 50.9 Å². The number of nitrogens with one attached hydrogen (secondary N) is 1. The minimum absolute atomic E-state index is 0.0114. The summed E-state index contributed by atoms with van der Waals surface area (Å²) < 4.78 is 1.59. The largest absolute Gasteiger partial charge is 0.354 e.